The maximum absolute atomic E-state index is 11.7. The van der Waals surface area contributed by atoms with E-state index in [1.807, 2.05) is 24.3 Å². The van der Waals surface area contributed by atoms with Gasteiger partial charge in [-0.15, -0.1) is 0 Å². The zero-order chi connectivity index (χ0) is 12.0. The van der Waals surface area contributed by atoms with E-state index >= 15 is 0 Å². The Labute approximate surface area is 102 Å². The molecule has 1 aromatic carbocycles. The molecule has 2 N–H and O–H groups in total. The summed E-state index contributed by atoms with van der Waals surface area (Å²) in [6.45, 7) is 2.71. The highest BCUT2D eigenvalue weighted by molar-refractivity contribution is 6.30. The van der Waals surface area contributed by atoms with Crippen LogP contribution in [0.25, 0.3) is 0 Å². The minimum atomic E-state index is 0.252. The number of nitrogens with two attached hydrogens (primary N) is 1. The third kappa shape index (κ3) is 4.77. The lowest BCUT2D eigenvalue weighted by Gasteiger charge is -2.07. The van der Waals surface area contributed by atoms with Gasteiger partial charge in [-0.25, -0.2) is 0 Å². The SMILES string of the molecule is CC(CN)CCC(=O)Cc1cccc(Cl)c1. The number of hydrogen-bond donors (Lipinski definition) is 1. The number of carbonyl (C=O) groups is 1. The number of carbonyl (C=O) groups excluding carboxylic acids is 1. The van der Waals surface area contributed by atoms with Crippen molar-refractivity contribution in [2.75, 3.05) is 6.54 Å². The number of ketones is 1. The second-order valence-electron chi connectivity index (χ2n) is 4.22. The molecule has 0 saturated heterocycles. The molecule has 0 heterocycles. The van der Waals surface area contributed by atoms with Gasteiger partial charge in [-0.3, -0.25) is 4.79 Å². The van der Waals surface area contributed by atoms with Crippen molar-refractivity contribution in [3.63, 3.8) is 0 Å². The lowest BCUT2D eigenvalue weighted by Crippen LogP contribution is -2.13. The van der Waals surface area contributed by atoms with Gasteiger partial charge in [0.1, 0.15) is 5.78 Å². The Morgan fingerprint density at radius 2 is 2.25 bits per heavy atom. The minimum Gasteiger partial charge on any atom is -0.330 e. The topological polar surface area (TPSA) is 43.1 Å². The van der Waals surface area contributed by atoms with E-state index in [1.165, 1.54) is 0 Å². The third-order valence-corrected chi connectivity index (χ3v) is 2.84. The summed E-state index contributed by atoms with van der Waals surface area (Å²) in [4.78, 5) is 11.7. The van der Waals surface area contributed by atoms with E-state index in [2.05, 4.69) is 6.92 Å². The van der Waals surface area contributed by atoms with E-state index in [9.17, 15) is 4.79 Å². The Hall–Kier alpha value is -0.860. The Bertz CT molecular complexity index is 352. The van der Waals surface area contributed by atoms with Crippen molar-refractivity contribution in [2.45, 2.75) is 26.2 Å². The summed E-state index contributed by atoms with van der Waals surface area (Å²) in [7, 11) is 0. The summed E-state index contributed by atoms with van der Waals surface area (Å²) in [6.07, 6.45) is 1.94. The molecule has 0 fully saturated rings. The van der Waals surface area contributed by atoms with Crippen molar-refractivity contribution in [3.8, 4) is 0 Å². The molecule has 1 atom stereocenters. The molecule has 0 saturated carbocycles. The average Bonchev–Trinajstić information content (AvgIpc) is 2.26. The predicted molar refractivity (Wildman–Crippen MR) is 67.6 cm³/mol. The summed E-state index contributed by atoms with van der Waals surface area (Å²) >= 11 is 5.85. The first-order valence-electron chi connectivity index (χ1n) is 5.58. The molecule has 0 amide bonds. The van der Waals surface area contributed by atoms with Crippen LogP contribution in [0, 0.1) is 5.92 Å². The highest BCUT2D eigenvalue weighted by atomic mass is 35.5. The molecule has 0 aliphatic heterocycles. The van der Waals surface area contributed by atoms with E-state index in [0.717, 1.165) is 12.0 Å². The molecule has 0 bridgehead atoms. The molecule has 1 unspecified atom stereocenters. The Morgan fingerprint density at radius 3 is 2.88 bits per heavy atom. The second kappa shape index (κ2) is 6.66. The summed E-state index contributed by atoms with van der Waals surface area (Å²) in [5, 5.41) is 0.681. The summed E-state index contributed by atoms with van der Waals surface area (Å²) in [6, 6.07) is 7.45. The van der Waals surface area contributed by atoms with Gasteiger partial charge >= 0.3 is 0 Å². The Kier molecular flexibility index (Phi) is 5.50. The number of hydrogen-bond acceptors (Lipinski definition) is 2. The number of Topliss-reactive ketones (excluding diaryl/α,β-unsaturated/α-hetero) is 1. The van der Waals surface area contributed by atoms with Crippen molar-refractivity contribution in [1.29, 1.82) is 0 Å². The van der Waals surface area contributed by atoms with Crippen LogP contribution in [0.4, 0.5) is 0 Å². The van der Waals surface area contributed by atoms with Gasteiger partial charge in [-0.2, -0.15) is 0 Å². The van der Waals surface area contributed by atoms with Crippen LogP contribution in [0.2, 0.25) is 5.02 Å². The summed E-state index contributed by atoms with van der Waals surface area (Å²) < 4.78 is 0. The van der Waals surface area contributed by atoms with E-state index in [4.69, 9.17) is 17.3 Å². The van der Waals surface area contributed by atoms with Crippen molar-refractivity contribution in [2.24, 2.45) is 11.7 Å². The van der Waals surface area contributed by atoms with Gasteiger partial charge in [-0.1, -0.05) is 30.7 Å². The fourth-order valence-corrected chi connectivity index (χ4v) is 1.70. The average molecular weight is 240 g/mol. The van der Waals surface area contributed by atoms with Gasteiger partial charge in [-0.05, 0) is 36.6 Å². The van der Waals surface area contributed by atoms with E-state index in [-0.39, 0.29) is 5.78 Å². The number of rotatable bonds is 6. The highest BCUT2D eigenvalue weighted by Gasteiger charge is 2.06. The van der Waals surface area contributed by atoms with Crippen LogP contribution in [-0.4, -0.2) is 12.3 Å². The van der Waals surface area contributed by atoms with Crippen LogP contribution >= 0.6 is 11.6 Å². The van der Waals surface area contributed by atoms with Gasteiger partial charge in [0.05, 0.1) is 0 Å². The van der Waals surface area contributed by atoms with Crippen LogP contribution in [0.15, 0.2) is 24.3 Å². The molecule has 0 aliphatic rings. The Morgan fingerprint density at radius 1 is 1.50 bits per heavy atom. The van der Waals surface area contributed by atoms with Crippen LogP contribution in [0.1, 0.15) is 25.3 Å². The quantitative estimate of drug-likeness (QED) is 0.830. The molecule has 3 heteroatoms. The number of halogens is 1. The molecule has 0 radical (unpaired) electrons. The fraction of sp³-hybridized carbons (Fsp3) is 0.462. The van der Waals surface area contributed by atoms with Crippen LogP contribution in [-0.2, 0) is 11.2 Å². The van der Waals surface area contributed by atoms with Crippen molar-refractivity contribution < 1.29 is 4.79 Å². The zero-order valence-electron chi connectivity index (χ0n) is 9.58. The lowest BCUT2D eigenvalue weighted by molar-refractivity contribution is -0.118. The first-order chi connectivity index (χ1) is 7.61. The molecule has 1 rings (SSSR count). The largest absolute Gasteiger partial charge is 0.330 e. The molecule has 88 valence electrons. The van der Waals surface area contributed by atoms with Gasteiger partial charge in [0, 0.05) is 17.9 Å². The second-order valence-corrected chi connectivity index (χ2v) is 4.66. The van der Waals surface area contributed by atoms with Crippen molar-refractivity contribution >= 4 is 17.4 Å². The summed E-state index contributed by atoms with van der Waals surface area (Å²) in [5.74, 6) is 0.672. The monoisotopic (exact) mass is 239 g/mol. The van der Waals surface area contributed by atoms with Gasteiger partial charge in [0.15, 0.2) is 0 Å². The first kappa shape index (κ1) is 13.2. The maximum Gasteiger partial charge on any atom is 0.137 e. The molecule has 0 aromatic heterocycles. The molecule has 1 aromatic rings. The van der Waals surface area contributed by atoms with E-state index in [0.29, 0.717) is 30.3 Å². The smallest absolute Gasteiger partial charge is 0.137 e. The van der Waals surface area contributed by atoms with Crippen molar-refractivity contribution in [3.05, 3.63) is 34.9 Å². The number of benzene rings is 1. The lowest BCUT2D eigenvalue weighted by atomic mass is 10.0. The van der Waals surface area contributed by atoms with Crippen LogP contribution in [0.3, 0.4) is 0 Å². The molecule has 2 nitrogen and oxygen atoms in total. The van der Waals surface area contributed by atoms with Gasteiger partial charge in [0.2, 0.25) is 0 Å². The standard InChI is InChI=1S/C13H18ClNO/c1-10(9-15)5-6-13(16)8-11-3-2-4-12(14)7-11/h2-4,7,10H,5-6,8-9,15H2,1H3. The van der Waals surface area contributed by atoms with Crippen molar-refractivity contribution in [1.82, 2.24) is 0 Å². The molecular formula is C13H18ClNO. The van der Waals surface area contributed by atoms with E-state index in [1.54, 1.807) is 0 Å². The molecule has 0 spiro atoms. The molecular weight excluding hydrogens is 222 g/mol. The van der Waals surface area contributed by atoms with Gasteiger partial charge < -0.3 is 5.73 Å². The maximum atomic E-state index is 11.7. The molecule has 16 heavy (non-hydrogen) atoms. The van der Waals surface area contributed by atoms with E-state index < -0.39 is 0 Å². The summed E-state index contributed by atoms with van der Waals surface area (Å²) in [5.41, 5.74) is 6.49. The van der Waals surface area contributed by atoms with Gasteiger partial charge in [0.25, 0.3) is 0 Å². The van der Waals surface area contributed by atoms with Crippen LogP contribution < -0.4 is 5.73 Å². The highest BCUT2D eigenvalue weighted by Crippen LogP contribution is 2.13. The first-order valence-corrected chi connectivity index (χ1v) is 5.96. The Balaban J connectivity index is 2.40. The zero-order valence-corrected chi connectivity index (χ0v) is 10.3. The third-order valence-electron chi connectivity index (χ3n) is 2.61. The fourth-order valence-electron chi connectivity index (χ4n) is 1.49. The molecule has 0 aliphatic carbocycles. The minimum absolute atomic E-state index is 0.252. The van der Waals surface area contributed by atoms with Crippen LogP contribution in [0.5, 0.6) is 0 Å². The predicted octanol–water partition coefficient (Wildman–Crippen LogP) is 2.83. The normalized spacial score (nSPS) is 12.4.